The number of hydrogen-bond donors (Lipinski definition) is 1. The Balaban J connectivity index is 1.69. The van der Waals surface area contributed by atoms with Crippen LogP contribution in [0.1, 0.15) is 25.3 Å². The van der Waals surface area contributed by atoms with Gasteiger partial charge in [0.15, 0.2) is 11.2 Å². The van der Waals surface area contributed by atoms with E-state index in [1.807, 2.05) is 11.9 Å². The summed E-state index contributed by atoms with van der Waals surface area (Å²) in [4.78, 5) is 29.3. The Morgan fingerprint density at radius 2 is 1.59 bits per heavy atom. The number of nitrogens with one attached hydrogen (secondary N) is 1. The van der Waals surface area contributed by atoms with Gasteiger partial charge in [0.1, 0.15) is 11.3 Å². The fourth-order valence-corrected chi connectivity index (χ4v) is 3.97. The van der Waals surface area contributed by atoms with Crippen LogP contribution in [0, 0.1) is 0 Å². The van der Waals surface area contributed by atoms with E-state index in [2.05, 4.69) is 9.98 Å². The summed E-state index contributed by atoms with van der Waals surface area (Å²) < 4.78 is 87.2. The number of amides is 2. The third-order valence-electron chi connectivity index (χ3n) is 6.13. The van der Waals surface area contributed by atoms with E-state index in [0.717, 1.165) is 30.5 Å². The lowest BCUT2D eigenvalue weighted by atomic mass is 9.96. The number of carbonyl (C=O) groups excluding carboxylic acids is 2. The molecule has 1 unspecified atom stereocenters. The van der Waals surface area contributed by atoms with Crippen LogP contribution in [0.5, 0.6) is 5.75 Å². The molecule has 0 spiro atoms. The molecule has 1 atom stereocenters. The molecule has 7 nitrogen and oxygen atoms in total. The van der Waals surface area contributed by atoms with E-state index < -0.39 is 40.6 Å². The van der Waals surface area contributed by atoms with E-state index in [4.69, 9.17) is 4.74 Å². The highest BCUT2D eigenvalue weighted by atomic mass is 19.4. The largest absolute Gasteiger partial charge is 0.478 e. The molecule has 0 aromatic heterocycles. The second-order valence-electron chi connectivity index (χ2n) is 9.04. The van der Waals surface area contributed by atoms with Gasteiger partial charge in [-0.2, -0.15) is 26.3 Å². The van der Waals surface area contributed by atoms with Crippen molar-refractivity contribution in [1.29, 1.82) is 0 Å². The first-order valence-electron chi connectivity index (χ1n) is 11.5. The maximum atomic E-state index is 13.4. The number of carbonyl (C=O) groups is 2. The van der Waals surface area contributed by atoms with E-state index in [-0.39, 0.29) is 31.0 Å². The van der Waals surface area contributed by atoms with Crippen LogP contribution in [-0.4, -0.2) is 85.6 Å². The van der Waals surface area contributed by atoms with Crippen LogP contribution in [0.15, 0.2) is 35.4 Å². The van der Waals surface area contributed by atoms with Crippen molar-refractivity contribution in [2.24, 2.45) is 0 Å². The summed E-state index contributed by atoms with van der Waals surface area (Å²) in [5.41, 5.74) is -4.11. The Bertz CT molecular complexity index is 1100. The summed E-state index contributed by atoms with van der Waals surface area (Å²) in [5.74, 6) is -1.27. The molecule has 2 amide bonds. The number of benzene rings is 1. The Labute approximate surface area is 209 Å². The van der Waals surface area contributed by atoms with Gasteiger partial charge < -0.3 is 19.9 Å². The van der Waals surface area contributed by atoms with E-state index in [1.54, 1.807) is 4.90 Å². The number of ether oxygens (including phenoxy) is 1. The van der Waals surface area contributed by atoms with Crippen molar-refractivity contribution in [2.45, 2.75) is 37.7 Å². The molecular weight excluding hydrogens is 506 g/mol. The molecular formula is C24H27F6N4O3+. The molecule has 0 saturated carbocycles. The lowest BCUT2D eigenvalue weighted by Crippen LogP contribution is -2.56. The minimum atomic E-state index is -4.73. The molecule has 202 valence electrons. The van der Waals surface area contributed by atoms with Crippen molar-refractivity contribution in [3.63, 3.8) is 0 Å². The van der Waals surface area contributed by atoms with E-state index >= 15 is 0 Å². The second kappa shape index (κ2) is 11.0. The molecule has 1 aromatic rings. The molecule has 0 bridgehead atoms. The minimum absolute atomic E-state index is 0.0465. The summed E-state index contributed by atoms with van der Waals surface area (Å²) in [6.07, 6.45) is -7.67. The van der Waals surface area contributed by atoms with Gasteiger partial charge in [0.05, 0.1) is 5.56 Å². The highest BCUT2D eigenvalue weighted by molar-refractivity contribution is 6.19. The first-order chi connectivity index (χ1) is 17.2. The molecule has 1 N–H and O–H groups in total. The average Bonchev–Trinajstić information content (AvgIpc) is 3.33. The van der Waals surface area contributed by atoms with Gasteiger partial charge >= 0.3 is 24.8 Å². The summed E-state index contributed by atoms with van der Waals surface area (Å²) in [7, 11) is 1.91. The quantitative estimate of drug-likeness (QED) is 0.317. The lowest BCUT2D eigenvalue weighted by Gasteiger charge is -2.39. The van der Waals surface area contributed by atoms with Crippen molar-refractivity contribution >= 4 is 24.2 Å². The van der Waals surface area contributed by atoms with Gasteiger partial charge in [0, 0.05) is 32.7 Å². The number of nitrogens with zero attached hydrogens (tertiary/aromatic N) is 3. The Kier molecular flexibility index (Phi) is 8.38. The van der Waals surface area contributed by atoms with Crippen LogP contribution in [0.4, 0.5) is 26.3 Å². The first-order valence-corrected chi connectivity index (χ1v) is 11.5. The zero-order valence-electron chi connectivity index (χ0n) is 20.2. The van der Waals surface area contributed by atoms with Gasteiger partial charge in [-0.1, -0.05) is 4.67 Å². The van der Waals surface area contributed by atoms with Crippen molar-refractivity contribution in [3.05, 3.63) is 41.0 Å². The molecule has 1 fully saturated rings. The minimum Gasteiger partial charge on any atom is -0.478 e. The lowest BCUT2D eigenvalue weighted by molar-refractivity contribution is -0.149. The topological polar surface area (TPSA) is 76.0 Å². The summed E-state index contributed by atoms with van der Waals surface area (Å²) in [6.45, 7) is 3.57. The molecule has 2 aliphatic rings. The molecule has 37 heavy (non-hydrogen) atoms. The van der Waals surface area contributed by atoms with E-state index in [0.29, 0.717) is 32.4 Å². The van der Waals surface area contributed by atoms with Gasteiger partial charge in [0.25, 0.3) is 11.8 Å². The number of rotatable bonds is 8. The third-order valence-corrected chi connectivity index (χ3v) is 6.13. The molecule has 2 aliphatic heterocycles. The monoisotopic (exact) mass is 533 g/mol. The molecule has 1 aromatic carbocycles. The summed E-state index contributed by atoms with van der Waals surface area (Å²) >= 11 is 0. The summed E-state index contributed by atoms with van der Waals surface area (Å²) in [5, 5.41) is 2.39. The van der Waals surface area contributed by atoms with Crippen LogP contribution < -0.4 is 14.7 Å². The molecule has 3 rings (SSSR count). The first kappa shape index (κ1) is 28.3. The van der Waals surface area contributed by atoms with Gasteiger partial charge in [0.2, 0.25) is 0 Å². The van der Waals surface area contributed by atoms with Crippen LogP contribution in [-0.2, 0) is 15.8 Å². The van der Waals surface area contributed by atoms with Gasteiger partial charge in [-0.05, 0) is 51.1 Å². The van der Waals surface area contributed by atoms with Gasteiger partial charge in [-0.25, -0.2) is 0 Å². The number of alkyl halides is 6. The molecule has 0 radical (unpaired) electrons. The third kappa shape index (κ3) is 7.14. The second-order valence-corrected chi connectivity index (χ2v) is 9.04. The van der Waals surface area contributed by atoms with Crippen molar-refractivity contribution in [1.82, 2.24) is 19.8 Å². The smallest absolute Gasteiger partial charge is 0.424 e. The van der Waals surface area contributed by atoms with Crippen molar-refractivity contribution < 1.29 is 40.7 Å². The SMILES string of the molecule is CN1CCN(C(=O)C(C)(CCCNC(=O)C2=C(C(F)(F)F)C=[N+]=C2)Oc2ccc(C(F)(F)F)cc2)CC1. The number of allylic oxidation sites excluding steroid dienone is 1. The molecule has 0 aliphatic carbocycles. The fraction of sp³-hybridized carbons (Fsp3) is 0.500. The predicted molar refractivity (Wildman–Crippen MR) is 124 cm³/mol. The number of piperazine rings is 1. The maximum absolute atomic E-state index is 13.4. The highest BCUT2D eigenvalue weighted by Gasteiger charge is 2.43. The van der Waals surface area contributed by atoms with Crippen molar-refractivity contribution in [3.8, 4) is 5.75 Å². The Hall–Kier alpha value is -3.31. The zero-order valence-corrected chi connectivity index (χ0v) is 20.2. The number of halogens is 6. The van der Waals surface area contributed by atoms with Gasteiger partial charge in [-0.3, -0.25) is 9.59 Å². The Morgan fingerprint density at radius 1 is 0.973 bits per heavy atom. The van der Waals surface area contributed by atoms with E-state index in [9.17, 15) is 35.9 Å². The van der Waals surface area contributed by atoms with Crippen LogP contribution in [0.3, 0.4) is 0 Å². The zero-order chi connectivity index (χ0) is 27.4. The number of hydrogen-bond acceptors (Lipinski definition) is 4. The normalized spacial score (nSPS) is 18.2. The highest BCUT2D eigenvalue weighted by Crippen LogP contribution is 2.32. The Morgan fingerprint density at radius 3 is 2.16 bits per heavy atom. The van der Waals surface area contributed by atoms with Crippen LogP contribution in [0.2, 0.25) is 0 Å². The van der Waals surface area contributed by atoms with Gasteiger partial charge in [-0.15, -0.1) is 0 Å². The summed E-state index contributed by atoms with van der Waals surface area (Å²) in [6, 6.07) is 3.95. The molecule has 13 heteroatoms. The maximum Gasteiger partial charge on any atom is 0.424 e. The fourth-order valence-electron chi connectivity index (χ4n) is 3.97. The average molecular weight is 533 g/mol. The van der Waals surface area contributed by atoms with E-state index in [1.165, 1.54) is 6.92 Å². The standard InChI is InChI=1S/C24H26F6N4O3/c1-22(21(36)34-12-10-33(2)11-13-34,37-17-6-4-16(5-7-17)23(25,26)27)8-3-9-32-20(35)18-14-31-15-19(18)24(28,29)30/h4-7,14-15H,3,8-13H2,1-2H3/p+1. The number of likely N-dealkylation sites (N-methyl/N-ethyl adjacent to an activating group) is 1. The van der Waals surface area contributed by atoms with Crippen molar-refractivity contribution in [2.75, 3.05) is 39.8 Å². The predicted octanol–water partition coefficient (Wildman–Crippen LogP) is 2.59. The van der Waals surface area contributed by atoms with Crippen LogP contribution in [0.25, 0.3) is 0 Å². The van der Waals surface area contributed by atoms with Crippen LogP contribution >= 0.6 is 0 Å². The molecule has 2 heterocycles. The molecule has 1 saturated heterocycles.